The third-order valence-corrected chi connectivity index (χ3v) is 4.22. The average molecular weight is 275 g/mol. The van der Waals surface area contributed by atoms with Gasteiger partial charge in [0.2, 0.25) is 5.91 Å². The molecule has 2 unspecified atom stereocenters. The van der Waals surface area contributed by atoms with Crippen molar-refractivity contribution < 1.29 is 4.79 Å². The van der Waals surface area contributed by atoms with Crippen LogP contribution in [0.5, 0.6) is 0 Å². The van der Waals surface area contributed by atoms with Gasteiger partial charge in [-0.2, -0.15) is 0 Å². The van der Waals surface area contributed by atoms with E-state index in [4.69, 9.17) is 0 Å². The van der Waals surface area contributed by atoms with E-state index in [1.807, 2.05) is 19.1 Å². The fourth-order valence-electron chi connectivity index (χ4n) is 2.78. The highest BCUT2D eigenvalue weighted by molar-refractivity contribution is 5.76. The minimum atomic E-state index is 0.133. The molecule has 2 rings (SSSR count). The van der Waals surface area contributed by atoms with Crippen LogP contribution in [0, 0.1) is 18.8 Å². The molecule has 0 saturated carbocycles. The summed E-state index contributed by atoms with van der Waals surface area (Å²) in [5.41, 5.74) is 2.07. The summed E-state index contributed by atoms with van der Waals surface area (Å²) in [6.07, 6.45) is 4.84. The van der Waals surface area contributed by atoms with Crippen LogP contribution < -0.4 is 10.6 Å². The fourth-order valence-corrected chi connectivity index (χ4v) is 2.78. The van der Waals surface area contributed by atoms with Crippen molar-refractivity contribution in [2.45, 2.75) is 39.7 Å². The lowest BCUT2D eigenvalue weighted by Crippen LogP contribution is -2.35. The van der Waals surface area contributed by atoms with Gasteiger partial charge in [-0.05, 0) is 56.3 Å². The first kappa shape index (κ1) is 15.0. The second-order valence-corrected chi connectivity index (χ2v) is 5.83. The largest absolute Gasteiger partial charge is 0.350 e. The lowest BCUT2D eigenvalue weighted by molar-refractivity contribution is -0.122. The van der Waals surface area contributed by atoms with Gasteiger partial charge in [0, 0.05) is 12.6 Å². The number of aryl methyl sites for hydroxylation is 1. The molecule has 4 heteroatoms. The quantitative estimate of drug-likeness (QED) is 0.864. The van der Waals surface area contributed by atoms with Crippen LogP contribution in [0.4, 0.5) is 0 Å². The third-order valence-electron chi connectivity index (χ3n) is 4.22. The molecule has 20 heavy (non-hydrogen) atoms. The number of carbonyl (C=O) groups is 1. The number of nitrogens with one attached hydrogen (secondary N) is 2. The Kier molecular flexibility index (Phi) is 5.53. The fraction of sp³-hybridized carbons (Fsp3) is 0.625. The van der Waals surface area contributed by atoms with Gasteiger partial charge in [0.15, 0.2) is 0 Å². The first-order chi connectivity index (χ1) is 9.66. The molecule has 1 aliphatic rings. The highest BCUT2D eigenvalue weighted by Crippen LogP contribution is 2.22. The van der Waals surface area contributed by atoms with E-state index in [-0.39, 0.29) is 5.91 Å². The first-order valence-corrected chi connectivity index (χ1v) is 7.54. The molecular weight excluding hydrogens is 250 g/mol. The molecule has 1 saturated heterocycles. The van der Waals surface area contributed by atoms with Gasteiger partial charge in [-0.25, -0.2) is 0 Å². The minimum Gasteiger partial charge on any atom is -0.350 e. The number of piperidine rings is 1. The van der Waals surface area contributed by atoms with Crippen LogP contribution in [-0.4, -0.2) is 24.0 Å². The van der Waals surface area contributed by atoms with Gasteiger partial charge in [-0.3, -0.25) is 9.78 Å². The van der Waals surface area contributed by atoms with E-state index in [2.05, 4.69) is 22.5 Å². The molecule has 1 amide bonds. The maximum absolute atomic E-state index is 12.0. The summed E-state index contributed by atoms with van der Waals surface area (Å²) in [6, 6.07) is 3.93. The number of carbonyl (C=O) groups excluding carboxylic acids is 1. The van der Waals surface area contributed by atoms with Crippen molar-refractivity contribution in [1.29, 1.82) is 0 Å². The second-order valence-electron chi connectivity index (χ2n) is 5.83. The molecule has 0 spiro atoms. The topological polar surface area (TPSA) is 54.0 Å². The summed E-state index contributed by atoms with van der Waals surface area (Å²) in [5.74, 6) is 1.20. The highest BCUT2D eigenvalue weighted by atomic mass is 16.1. The number of hydrogen-bond acceptors (Lipinski definition) is 3. The van der Waals surface area contributed by atoms with E-state index >= 15 is 0 Å². The molecule has 1 aliphatic heterocycles. The zero-order valence-electron chi connectivity index (χ0n) is 12.5. The summed E-state index contributed by atoms with van der Waals surface area (Å²) in [5, 5.41) is 6.40. The van der Waals surface area contributed by atoms with Gasteiger partial charge in [-0.15, -0.1) is 0 Å². The lowest BCUT2D eigenvalue weighted by Gasteiger charge is -2.28. The van der Waals surface area contributed by atoms with Crippen LogP contribution in [0.1, 0.15) is 37.4 Å². The zero-order valence-corrected chi connectivity index (χ0v) is 12.5. The number of rotatable bonds is 5. The van der Waals surface area contributed by atoms with Crippen molar-refractivity contribution in [2.75, 3.05) is 13.1 Å². The number of pyridine rings is 1. The van der Waals surface area contributed by atoms with Crippen LogP contribution in [0.3, 0.4) is 0 Å². The highest BCUT2D eigenvalue weighted by Gasteiger charge is 2.21. The Morgan fingerprint density at radius 3 is 3.15 bits per heavy atom. The average Bonchev–Trinajstić information content (AvgIpc) is 2.47. The van der Waals surface area contributed by atoms with Crippen molar-refractivity contribution in [3.63, 3.8) is 0 Å². The Morgan fingerprint density at radius 2 is 2.45 bits per heavy atom. The molecule has 110 valence electrons. The third kappa shape index (κ3) is 4.30. The monoisotopic (exact) mass is 275 g/mol. The van der Waals surface area contributed by atoms with Crippen LogP contribution in [-0.2, 0) is 11.3 Å². The Labute approximate surface area is 121 Å². The Balaban J connectivity index is 1.76. The van der Waals surface area contributed by atoms with Gasteiger partial charge in [0.1, 0.15) is 0 Å². The molecule has 2 heterocycles. The summed E-state index contributed by atoms with van der Waals surface area (Å²) in [6.45, 7) is 6.90. The Bertz CT molecular complexity index is 441. The summed E-state index contributed by atoms with van der Waals surface area (Å²) in [7, 11) is 0. The smallest absolute Gasteiger partial charge is 0.220 e. The molecule has 0 bridgehead atoms. The van der Waals surface area contributed by atoms with E-state index in [0.29, 0.717) is 24.8 Å². The van der Waals surface area contributed by atoms with Crippen LogP contribution >= 0.6 is 0 Å². The van der Waals surface area contributed by atoms with Crippen LogP contribution in [0.2, 0.25) is 0 Å². The molecular formula is C16H25N3O. The predicted molar refractivity (Wildman–Crippen MR) is 80.2 cm³/mol. The second kappa shape index (κ2) is 7.39. The summed E-state index contributed by atoms with van der Waals surface area (Å²) < 4.78 is 0. The van der Waals surface area contributed by atoms with E-state index in [0.717, 1.165) is 24.3 Å². The van der Waals surface area contributed by atoms with Crippen LogP contribution in [0.25, 0.3) is 0 Å². The molecule has 1 aromatic rings. The van der Waals surface area contributed by atoms with Crippen molar-refractivity contribution in [1.82, 2.24) is 15.6 Å². The summed E-state index contributed by atoms with van der Waals surface area (Å²) >= 11 is 0. The van der Waals surface area contributed by atoms with Crippen molar-refractivity contribution in [2.24, 2.45) is 11.8 Å². The molecule has 2 atom stereocenters. The molecule has 0 aromatic carbocycles. The first-order valence-electron chi connectivity index (χ1n) is 7.54. The molecule has 1 fully saturated rings. The maximum atomic E-state index is 12.0. The molecule has 1 aromatic heterocycles. The van der Waals surface area contributed by atoms with Gasteiger partial charge in [0.25, 0.3) is 0 Å². The molecule has 0 aliphatic carbocycles. The van der Waals surface area contributed by atoms with Gasteiger partial charge < -0.3 is 10.6 Å². The standard InChI is InChI=1S/C16H25N3O/c1-12-5-3-8-18-15(12)11-19-16(20)9-13(2)14-6-4-7-17-10-14/h3,5,8,13-14,17H,4,6-7,9-11H2,1-2H3,(H,19,20). The molecule has 2 N–H and O–H groups in total. The number of aromatic nitrogens is 1. The SMILES string of the molecule is Cc1cccnc1CNC(=O)CC(C)C1CCCNC1. The van der Waals surface area contributed by atoms with E-state index in [1.165, 1.54) is 12.8 Å². The summed E-state index contributed by atoms with van der Waals surface area (Å²) in [4.78, 5) is 16.3. The van der Waals surface area contributed by atoms with Gasteiger partial charge in [0.05, 0.1) is 12.2 Å². The minimum absolute atomic E-state index is 0.133. The zero-order chi connectivity index (χ0) is 14.4. The van der Waals surface area contributed by atoms with Crippen molar-refractivity contribution in [3.05, 3.63) is 29.6 Å². The Morgan fingerprint density at radius 1 is 1.60 bits per heavy atom. The van der Waals surface area contributed by atoms with Gasteiger partial charge >= 0.3 is 0 Å². The number of nitrogens with zero attached hydrogens (tertiary/aromatic N) is 1. The van der Waals surface area contributed by atoms with E-state index < -0.39 is 0 Å². The van der Waals surface area contributed by atoms with Crippen molar-refractivity contribution >= 4 is 5.91 Å². The molecule has 4 nitrogen and oxygen atoms in total. The molecule has 0 radical (unpaired) electrons. The lowest BCUT2D eigenvalue weighted by atomic mass is 9.85. The normalized spacial score (nSPS) is 20.4. The van der Waals surface area contributed by atoms with E-state index in [1.54, 1.807) is 6.20 Å². The number of hydrogen-bond donors (Lipinski definition) is 2. The van der Waals surface area contributed by atoms with Gasteiger partial charge in [-0.1, -0.05) is 13.0 Å². The van der Waals surface area contributed by atoms with Crippen LogP contribution in [0.15, 0.2) is 18.3 Å². The van der Waals surface area contributed by atoms with Crippen molar-refractivity contribution in [3.8, 4) is 0 Å². The van der Waals surface area contributed by atoms with E-state index in [9.17, 15) is 4.79 Å². The Hall–Kier alpha value is -1.42. The predicted octanol–water partition coefficient (Wildman–Crippen LogP) is 2.03. The maximum Gasteiger partial charge on any atom is 0.220 e. The number of amides is 1.